The van der Waals surface area contributed by atoms with Crippen molar-refractivity contribution in [3.8, 4) is 5.75 Å². The van der Waals surface area contributed by atoms with Crippen LogP contribution in [0.5, 0.6) is 5.75 Å². The number of piperidine rings is 1. The van der Waals surface area contributed by atoms with E-state index in [9.17, 15) is 13.6 Å². The highest BCUT2D eigenvalue weighted by Crippen LogP contribution is 2.28. The molecule has 0 unspecified atom stereocenters. The Morgan fingerprint density at radius 2 is 1.83 bits per heavy atom. The Bertz CT molecular complexity index is 1260. The number of fused-ring (bicyclic) bond motifs is 1. The molecule has 0 bridgehead atoms. The van der Waals surface area contributed by atoms with Gasteiger partial charge in [-0.2, -0.15) is 8.78 Å². The Morgan fingerprint density at radius 1 is 1.14 bits per heavy atom. The summed E-state index contributed by atoms with van der Waals surface area (Å²) in [5, 5.41) is 16.6. The van der Waals surface area contributed by atoms with Gasteiger partial charge in [-0.25, -0.2) is 4.79 Å². The Balaban J connectivity index is 1.38. The van der Waals surface area contributed by atoms with Crippen molar-refractivity contribution in [3.05, 3.63) is 66.5 Å². The Labute approximate surface area is 207 Å². The van der Waals surface area contributed by atoms with E-state index >= 15 is 0 Å². The van der Waals surface area contributed by atoms with Crippen molar-refractivity contribution in [1.82, 2.24) is 15.5 Å². The molecule has 2 heterocycles. The fourth-order valence-corrected chi connectivity index (χ4v) is 4.17. The molecule has 3 aromatic rings. The van der Waals surface area contributed by atoms with Crippen molar-refractivity contribution in [3.63, 3.8) is 0 Å². The van der Waals surface area contributed by atoms with Gasteiger partial charge in [0, 0.05) is 42.6 Å². The molecule has 0 atom stereocenters. The third-order valence-corrected chi connectivity index (χ3v) is 5.87. The topological polar surface area (TPSA) is 118 Å². The number of carbonyl (C=O) groups excluding carboxylic acids is 1. The number of nitrogens with one attached hydrogen (secondary N) is 2. The van der Waals surface area contributed by atoms with E-state index in [2.05, 4.69) is 35.5 Å². The molecule has 0 aliphatic carbocycles. The van der Waals surface area contributed by atoms with Crippen LogP contribution < -0.4 is 26.0 Å². The van der Waals surface area contributed by atoms with Crippen LogP contribution in [0, 0.1) is 0 Å². The molecule has 4 rings (SSSR count). The van der Waals surface area contributed by atoms with Crippen LogP contribution in [-0.4, -0.2) is 54.7 Å². The number of hydrogen-bond acceptors (Lipinski definition) is 7. The molecule has 4 N–H and O–H groups in total. The van der Waals surface area contributed by atoms with Crippen molar-refractivity contribution < 1.29 is 18.3 Å². The predicted molar refractivity (Wildman–Crippen MR) is 136 cm³/mol. The summed E-state index contributed by atoms with van der Waals surface area (Å²) in [4.78, 5) is 18.9. The first-order valence-electron chi connectivity index (χ1n) is 11.5. The number of halogens is 2. The lowest BCUT2D eigenvalue weighted by Gasteiger charge is -2.33. The first kappa shape index (κ1) is 24.8. The van der Waals surface area contributed by atoms with Crippen LogP contribution in [0.4, 0.5) is 25.1 Å². The standard InChI is InChI=1S/C25H27F2N7O2/c1-29-21(10-13-28)22-19-4-2-3-5-20(19)23(33-32-22)34-14-11-17(12-15-34)31-25(35)30-16-6-8-18(9-7-16)36-24(26)27/h2-10,13,17,24H,11-12,14-15,28H2,1H3,(H2,30,31,35). The number of benzene rings is 2. The van der Waals surface area contributed by atoms with Gasteiger partial charge in [0.1, 0.15) is 11.4 Å². The van der Waals surface area contributed by atoms with Gasteiger partial charge in [0.15, 0.2) is 5.82 Å². The number of carbonyl (C=O) groups is 1. The van der Waals surface area contributed by atoms with Crippen LogP contribution in [0.3, 0.4) is 0 Å². The van der Waals surface area contributed by atoms with E-state index in [1.807, 2.05) is 24.3 Å². The second kappa shape index (κ2) is 11.4. The third kappa shape index (κ3) is 5.85. The number of amides is 2. The maximum Gasteiger partial charge on any atom is 0.387 e. The number of rotatable bonds is 7. The molecular weight excluding hydrogens is 468 g/mol. The van der Waals surface area contributed by atoms with Gasteiger partial charge in [0.2, 0.25) is 0 Å². The summed E-state index contributed by atoms with van der Waals surface area (Å²) < 4.78 is 28.9. The first-order chi connectivity index (χ1) is 17.5. The fourth-order valence-electron chi connectivity index (χ4n) is 4.17. The summed E-state index contributed by atoms with van der Waals surface area (Å²) in [6, 6.07) is 13.3. The Hall–Kier alpha value is -4.28. The van der Waals surface area contributed by atoms with Gasteiger partial charge in [0.25, 0.3) is 0 Å². The molecule has 11 heteroatoms. The van der Waals surface area contributed by atoms with E-state index in [4.69, 9.17) is 5.73 Å². The summed E-state index contributed by atoms with van der Waals surface area (Å²) in [5.41, 5.74) is 7.36. The van der Waals surface area contributed by atoms with Crippen LogP contribution in [0.15, 0.2) is 65.8 Å². The molecule has 1 aliphatic rings. The lowest BCUT2D eigenvalue weighted by Crippen LogP contribution is -2.46. The minimum Gasteiger partial charge on any atom is -0.435 e. The van der Waals surface area contributed by atoms with Gasteiger partial charge < -0.3 is 26.0 Å². The summed E-state index contributed by atoms with van der Waals surface area (Å²) in [7, 11) is 1.69. The minimum atomic E-state index is -2.89. The molecule has 2 amide bonds. The number of nitrogens with zero attached hydrogens (tertiary/aromatic N) is 4. The molecular formula is C25H27F2N7O2. The Kier molecular flexibility index (Phi) is 7.89. The monoisotopic (exact) mass is 495 g/mol. The average molecular weight is 496 g/mol. The second-order valence-corrected chi connectivity index (χ2v) is 8.15. The summed E-state index contributed by atoms with van der Waals surface area (Å²) in [6.07, 6.45) is 4.58. The quantitative estimate of drug-likeness (QED) is 0.428. The van der Waals surface area contributed by atoms with E-state index in [1.54, 1.807) is 13.1 Å². The molecule has 1 fully saturated rings. The van der Waals surface area contributed by atoms with Gasteiger partial charge in [-0.1, -0.05) is 24.3 Å². The number of allylic oxidation sites excluding steroid dienone is 1. The van der Waals surface area contributed by atoms with E-state index in [-0.39, 0.29) is 17.8 Å². The molecule has 0 saturated carbocycles. The van der Waals surface area contributed by atoms with Crippen LogP contribution in [0.2, 0.25) is 0 Å². The lowest BCUT2D eigenvalue weighted by atomic mass is 10.0. The molecule has 9 nitrogen and oxygen atoms in total. The lowest BCUT2D eigenvalue weighted by molar-refractivity contribution is -0.0498. The van der Waals surface area contributed by atoms with Gasteiger partial charge >= 0.3 is 12.6 Å². The summed E-state index contributed by atoms with van der Waals surface area (Å²) >= 11 is 0. The van der Waals surface area contributed by atoms with E-state index in [1.165, 1.54) is 30.5 Å². The maximum atomic E-state index is 12.4. The average Bonchev–Trinajstić information content (AvgIpc) is 2.88. The van der Waals surface area contributed by atoms with Crippen molar-refractivity contribution in [2.24, 2.45) is 10.7 Å². The van der Waals surface area contributed by atoms with Crippen LogP contribution in [-0.2, 0) is 0 Å². The summed E-state index contributed by atoms with van der Waals surface area (Å²) in [5.74, 6) is 0.816. The number of nitrogens with two attached hydrogens (primary N) is 1. The molecule has 0 spiro atoms. The minimum absolute atomic E-state index is 0.0188. The third-order valence-electron chi connectivity index (χ3n) is 5.87. The van der Waals surface area contributed by atoms with Gasteiger partial charge in [-0.15, -0.1) is 10.2 Å². The second-order valence-electron chi connectivity index (χ2n) is 8.15. The van der Waals surface area contributed by atoms with Crippen LogP contribution >= 0.6 is 0 Å². The van der Waals surface area contributed by atoms with Crippen molar-refractivity contribution in [2.45, 2.75) is 25.5 Å². The highest BCUT2D eigenvalue weighted by molar-refractivity contribution is 6.15. The molecule has 2 aromatic carbocycles. The number of aliphatic imine (C=N–C) groups is 1. The molecule has 1 saturated heterocycles. The number of aromatic nitrogens is 2. The first-order valence-corrected chi connectivity index (χ1v) is 11.5. The maximum absolute atomic E-state index is 12.4. The number of ether oxygens (including phenoxy) is 1. The van der Waals surface area contributed by atoms with Crippen molar-refractivity contribution in [2.75, 3.05) is 30.4 Å². The smallest absolute Gasteiger partial charge is 0.387 e. The number of anilines is 2. The van der Waals surface area contributed by atoms with Gasteiger partial charge in [-0.3, -0.25) is 4.99 Å². The normalized spacial score (nSPS) is 15.0. The molecule has 1 aromatic heterocycles. The molecule has 0 radical (unpaired) electrons. The number of alkyl halides is 2. The summed E-state index contributed by atoms with van der Waals surface area (Å²) in [6.45, 7) is -1.50. The van der Waals surface area contributed by atoms with Crippen molar-refractivity contribution in [1.29, 1.82) is 0 Å². The zero-order valence-corrected chi connectivity index (χ0v) is 19.7. The predicted octanol–water partition coefficient (Wildman–Crippen LogP) is 3.91. The van der Waals surface area contributed by atoms with E-state index in [0.717, 1.165) is 29.4 Å². The zero-order valence-electron chi connectivity index (χ0n) is 19.7. The zero-order chi connectivity index (χ0) is 25.5. The van der Waals surface area contributed by atoms with E-state index < -0.39 is 6.61 Å². The van der Waals surface area contributed by atoms with Gasteiger partial charge in [0.05, 0.1) is 5.71 Å². The fraction of sp³-hybridized carbons (Fsp3) is 0.280. The largest absolute Gasteiger partial charge is 0.435 e. The van der Waals surface area contributed by atoms with Crippen LogP contribution in [0.1, 0.15) is 18.5 Å². The molecule has 36 heavy (non-hydrogen) atoms. The number of hydrogen-bond donors (Lipinski definition) is 3. The molecule has 188 valence electrons. The SMILES string of the molecule is CN=C(C=CN)c1nnc(N2CCC(NC(=O)Nc3ccc(OC(F)F)cc3)CC2)c2ccccc12. The highest BCUT2D eigenvalue weighted by atomic mass is 19.3. The van der Waals surface area contributed by atoms with Crippen LogP contribution in [0.25, 0.3) is 10.8 Å². The van der Waals surface area contributed by atoms with Crippen molar-refractivity contribution >= 4 is 34.0 Å². The highest BCUT2D eigenvalue weighted by Gasteiger charge is 2.24. The van der Waals surface area contributed by atoms with E-state index in [0.29, 0.717) is 30.2 Å². The molecule has 1 aliphatic heterocycles. The number of urea groups is 1. The Morgan fingerprint density at radius 3 is 2.47 bits per heavy atom. The van der Waals surface area contributed by atoms with Gasteiger partial charge in [-0.05, 0) is 49.4 Å².